The average molecular weight is 921 g/mol. The Balaban J connectivity index is 1.25. The van der Waals surface area contributed by atoms with E-state index >= 15 is 26.3 Å². The van der Waals surface area contributed by atoms with E-state index in [4.69, 9.17) is 0 Å². The predicted molar refractivity (Wildman–Crippen MR) is 271 cm³/mol. The van der Waals surface area contributed by atoms with Crippen LogP contribution < -0.4 is 9.80 Å². The minimum absolute atomic E-state index is 0.0545. The molecule has 0 saturated heterocycles. The first-order valence-corrected chi connectivity index (χ1v) is 23.6. The summed E-state index contributed by atoms with van der Waals surface area (Å²) in [5.41, 5.74) is -0.371. The van der Waals surface area contributed by atoms with Gasteiger partial charge in [-0.05, 0) is 124 Å². The highest BCUT2D eigenvalue weighted by Gasteiger charge is 2.72. The third-order valence-electron chi connectivity index (χ3n) is 14.2. The molecule has 8 heteroatoms. The van der Waals surface area contributed by atoms with Gasteiger partial charge in [-0.2, -0.15) is 26.3 Å². The number of halogens is 6. The molecule has 0 N–H and O–H groups in total. The molecule has 1 atom stereocenters. The first-order chi connectivity index (χ1) is 32.5. The molecule has 0 aliphatic heterocycles. The van der Waals surface area contributed by atoms with Gasteiger partial charge in [0, 0.05) is 33.5 Å². The average Bonchev–Trinajstić information content (AvgIpc) is 3.32. The summed E-state index contributed by atoms with van der Waals surface area (Å²) in [7, 11) is 0. The van der Waals surface area contributed by atoms with Crippen molar-refractivity contribution >= 4 is 55.7 Å². The van der Waals surface area contributed by atoms with E-state index in [2.05, 4.69) is 53.7 Å². The number of rotatable bonds is 15. The standard InChI is InChI=1S/C60H58F6N2/c1-7-40-56(4,5)44-24-32-48(33-25-44)67(54-22-14-18-42-16-10-12-20-52(42)54)50-36-28-46(29-37-50)58(59(61,62)63,60(64,65)66)47-30-38-51(39-31-47)68(55-23-15-19-43-17-11-13-21-53(43)55)49-34-26-45(27-35-49)57(6,9-3)41-8-2/h10-39H,7-9,40-41H2,1-6H3. The van der Waals surface area contributed by atoms with Gasteiger partial charge in [0.1, 0.15) is 0 Å². The van der Waals surface area contributed by atoms with Crippen molar-refractivity contribution in [2.24, 2.45) is 0 Å². The number of alkyl halides is 6. The van der Waals surface area contributed by atoms with Crippen molar-refractivity contribution < 1.29 is 26.3 Å². The molecule has 2 nitrogen and oxygen atoms in total. The molecule has 0 spiro atoms. The van der Waals surface area contributed by atoms with Crippen LogP contribution in [0.25, 0.3) is 21.5 Å². The Labute approximate surface area is 396 Å². The highest BCUT2D eigenvalue weighted by Crippen LogP contribution is 2.57. The van der Waals surface area contributed by atoms with Gasteiger partial charge in [-0.1, -0.05) is 176 Å². The molecule has 0 saturated carbocycles. The second-order valence-electron chi connectivity index (χ2n) is 18.9. The monoisotopic (exact) mass is 920 g/mol. The van der Waals surface area contributed by atoms with Gasteiger partial charge in [-0.15, -0.1) is 0 Å². The van der Waals surface area contributed by atoms with Gasteiger partial charge in [-0.25, -0.2) is 0 Å². The number of fused-ring (bicyclic) bond motifs is 2. The first kappa shape index (κ1) is 47.9. The number of nitrogens with zero attached hydrogens (tertiary/aromatic N) is 2. The molecule has 0 bridgehead atoms. The largest absolute Gasteiger partial charge is 0.411 e. The molecule has 8 aromatic rings. The van der Waals surface area contributed by atoms with Crippen LogP contribution >= 0.6 is 0 Å². The van der Waals surface area contributed by atoms with E-state index in [-0.39, 0.29) is 10.8 Å². The minimum Gasteiger partial charge on any atom is -0.310 e. The van der Waals surface area contributed by atoms with Crippen LogP contribution in [0.3, 0.4) is 0 Å². The lowest BCUT2D eigenvalue weighted by atomic mass is 9.72. The van der Waals surface area contributed by atoms with Gasteiger partial charge in [0.2, 0.25) is 5.41 Å². The van der Waals surface area contributed by atoms with Crippen molar-refractivity contribution in [2.45, 2.75) is 102 Å². The van der Waals surface area contributed by atoms with E-state index < -0.39 is 28.9 Å². The molecule has 0 amide bonds. The number of hydrogen-bond acceptors (Lipinski definition) is 2. The summed E-state index contributed by atoms with van der Waals surface area (Å²) in [6.45, 7) is 13.1. The molecule has 0 aliphatic carbocycles. The highest BCUT2D eigenvalue weighted by atomic mass is 19.4. The lowest BCUT2D eigenvalue weighted by molar-refractivity contribution is -0.288. The topological polar surface area (TPSA) is 6.48 Å². The fraction of sp³-hybridized carbons (Fsp3) is 0.267. The molecule has 8 aromatic carbocycles. The van der Waals surface area contributed by atoms with Gasteiger partial charge in [0.05, 0.1) is 11.4 Å². The smallest absolute Gasteiger partial charge is 0.310 e. The van der Waals surface area contributed by atoms with Gasteiger partial charge < -0.3 is 9.80 Å². The van der Waals surface area contributed by atoms with Crippen LogP contribution in [0, 0.1) is 0 Å². The quantitative estimate of drug-likeness (QED) is 0.0946. The Kier molecular flexibility index (Phi) is 13.3. The molecule has 0 heterocycles. The summed E-state index contributed by atoms with van der Waals surface area (Å²) in [4.78, 5) is 3.79. The SMILES string of the molecule is CCCC(C)(C)c1ccc(N(c2ccc(C(c3ccc(N(c4ccc(C(C)(CC)CCC)cc4)c4cccc5ccccc45)cc3)(C(F)(F)F)C(F)(F)F)cc2)c2cccc3ccccc23)cc1. The van der Waals surface area contributed by atoms with E-state index in [1.165, 1.54) is 24.3 Å². The Morgan fingerprint density at radius 2 is 0.706 bits per heavy atom. The van der Waals surface area contributed by atoms with Gasteiger partial charge in [0.25, 0.3) is 0 Å². The molecule has 0 aromatic heterocycles. The van der Waals surface area contributed by atoms with Crippen molar-refractivity contribution in [3.05, 3.63) is 204 Å². The van der Waals surface area contributed by atoms with E-state index in [0.717, 1.165) is 106 Å². The van der Waals surface area contributed by atoms with E-state index in [0.29, 0.717) is 17.1 Å². The molecule has 0 radical (unpaired) electrons. The third-order valence-corrected chi connectivity index (χ3v) is 14.2. The third kappa shape index (κ3) is 8.74. The fourth-order valence-electron chi connectivity index (χ4n) is 10.3. The van der Waals surface area contributed by atoms with Crippen molar-refractivity contribution in [1.82, 2.24) is 0 Å². The second-order valence-corrected chi connectivity index (χ2v) is 18.9. The molecule has 350 valence electrons. The van der Waals surface area contributed by atoms with Crippen molar-refractivity contribution in [3.63, 3.8) is 0 Å². The molecule has 8 rings (SSSR count). The summed E-state index contributed by atoms with van der Waals surface area (Å²) in [6.07, 6.45) is -6.64. The van der Waals surface area contributed by atoms with Crippen molar-refractivity contribution in [3.8, 4) is 0 Å². The summed E-state index contributed by atoms with van der Waals surface area (Å²) >= 11 is 0. The zero-order valence-electron chi connectivity index (χ0n) is 39.5. The lowest BCUT2D eigenvalue weighted by Crippen LogP contribution is -2.54. The molecule has 68 heavy (non-hydrogen) atoms. The normalized spacial score (nSPS) is 13.4. The molecule has 0 aliphatic rings. The van der Waals surface area contributed by atoms with Crippen molar-refractivity contribution in [1.29, 1.82) is 0 Å². The van der Waals surface area contributed by atoms with Gasteiger partial charge in [0.15, 0.2) is 0 Å². The van der Waals surface area contributed by atoms with Crippen LogP contribution in [0.15, 0.2) is 182 Å². The maximum atomic E-state index is 15.8. The first-order valence-electron chi connectivity index (χ1n) is 23.6. The predicted octanol–water partition coefficient (Wildman–Crippen LogP) is 18.9. The van der Waals surface area contributed by atoms with Crippen LogP contribution in [0.2, 0.25) is 0 Å². The van der Waals surface area contributed by atoms with Crippen LogP contribution in [0.4, 0.5) is 60.5 Å². The molecule has 1 unspecified atom stereocenters. The number of benzene rings is 8. The second kappa shape index (κ2) is 18.9. The van der Waals surface area contributed by atoms with E-state index in [1.807, 2.05) is 131 Å². The Bertz CT molecular complexity index is 2950. The lowest BCUT2D eigenvalue weighted by Gasteiger charge is -2.39. The van der Waals surface area contributed by atoms with Crippen LogP contribution in [-0.4, -0.2) is 12.4 Å². The van der Waals surface area contributed by atoms with Gasteiger partial charge in [-0.3, -0.25) is 0 Å². The summed E-state index contributed by atoms with van der Waals surface area (Å²) in [6, 6.07) is 52.6. The number of anilines is 6. The maximum Gasteiger partial charge on any atom is 0.411 e. The highest BCUT2D eigenvalue weighted by molar-refractivity contribution is 6.00. The molecular formula is C60H58F6N2. The zero-order chi connectivity index (χ0) is 48.5. The van der Waals surface area contributed by atoms with Gasteiger partial charge >= 0.3 is 12.4 Å². The minimum atomic E-state index is -5.78. The van der Waals surface area contributed by atoms with Crippen LogP contribution in [-0.2, 0) is 16.2 Å². The van der Waals surface area contributed by atoms with Crippen LogP contribution in [0.1, 0.15) is 95.9 Å². The Morgan fingerprint density at radius 1 is 0.368 bits per heavy atom. The molecular weight excluding hydrogens is 863 g/mol. The zero-order valence-corrected chi connectivity index (χ0v) is 39.5. The maximum absolute atomic E-state index is 15.8. The summed E-state index contributed by atoms with van der Waals surface area (Å²) < 4.78 is 95.0. The number of hydrogen-bond donors (Lipinski definition) is 0. The summed E-state index contributed by atoms with van der Waals surface area (Å²) in [5.74, 6) is 0. The van der Waals surface area contributed by atoms with E-state index in [9.17, 15) is 0 Å². The fourth-order valence-corrected chi connectivity index (χ4v) is 10.3. The van der Waals surface area contributed by atoms with Crippen LogP contribution in [0.5, 0.6) is 0 Å². The Hall–Kier alpha value is -6.54. The molecule has 0 fully saturated rings. The van der Waals surface area contributed by atoms with Crippen molar-refractivity contribution in [2.75, 3.05) is 9.80 Å². The Morgan fingerprint density at radius 3 is 1.06 bits per heavy atom. The summed E-state index contributed by atoms with van der Waals surface area (Å²) in [5, 5.41) is 3.62. The van der Waals surface area contributed by atoms with E-state index in [1.54, 1.807) is 0 Å².